The van der Waals surface area contributed by atoms with Crippen LogP contribution in [-0.2, 0) is 38.6 Å². The van der Waals surface area contributed by atoms with Gasteiger partial charge in [-0.15, -0.1) is 12.4 Å². The van der Waals surface area contributed by atoms with Gasteiger partial charge in [-0.1, -0.05) is 0 Å². The Hall–Kier alpha value is 0.786. The van der Waals surface area contributed by atoms with Crippen LogP contribution in [0.15, 0.2) is 0 Å². The van der Waals surface area contributed by atoms with Crippen LogP contribution in [0, 0.1) is 0 Å². The number of rotatable bonds is 0. The zero-order chi connectivity index (χ0) is 3.58. The van der Waals surface area contributed by atoms with Crippen molar-refractivity contribution >= 4 is 18.4 Å². The van der Waals surface area contributed by atoms with E-state index in [2.05, 4.69) is 0 Å². The molecule has 5 heteroatoms. The van der Waals surface area contributed by atoms with Crippen LogP contribution in [0.5, 0.6) is 0 Å². The number of halogens is 1. The second kappa shape index (κ2) is 15.8. The largest absolute Gasteiger partial charge is 0.481 e. The Bertz CT molecular complexity index is 38.7. The van der Waals surface area contributed by atoms with Crippen LogP contribution >= 0.6 is 12.4 Å². The number of carboxylic acids is 1. The minimum absolute atomic E-state index is 0. The molecule has 1 N–H and O–H groups in total. The van der Waals surface area contributed by atoms with Gasteiger partial charge in [0.1, 0.15) is 0 Å². The molecule has 48 valence electrons. The normalized spacial score (nSPS) is 3.57. The first-order chi connectivity index (χ1) is 1.73. The van der Waals surface area contributed by atoms with E-state index < -0.39 is 5.97 Å². The molecule has 0 amide bonds. The van der Waals surface area contributed by atoms with Crippen molar-refractivity contribution in [3.05, 3.63) is 0 Å². The van der Waals surface area contributed by atoms with Crippen molar-refractivity contribution in [1.29, 1.82) is 0 Å². The monoisotopic (exact) mass is 210 g/mol. The van der Waals surface area contributed by atoms with E-state index in [-0.39, 0.29) is 46.3 Å². The molecule has 0 unspecified atom stereocenters. The van der Waals surface area contributed by atoms with E-state index >= 15 is 0 Å². The van der Waals surface area contributed by atoms with E-state index in [4.69, 9.17) is 9.90 Å². The quantitative estimate of drug-likeness (QED) is 0.592. The van der Waals surface area contributed by atoms with Crippen molar-refractivity contribution < 1.29 is 43.7 Å². The van der Waals surface area contributed by atoms with Crippen LogP contribution in [0.4, 0.5) is 0 Å². The van der Waals surface area contributed by atoms with Gasteiger partial charge in [-0.2, -0.15) is 0 Å². The molecule has 0 rings (SSSR count). The second-order valence-electron chi connectivity index (χ2n) is 0.519. The summed E-state index contributed by atoms with van der Waals surface area (Å²) in [4.78, 5) is 9.00. The maximum absolute atomic E-state index is 9.00. The average Bonchev–Trinajstić information content (AvgIpc) is 0.811. The molecule has 0 saturated carbocycles. The number of carboxylic acid groups (broad SMARTS) is 1. The van der Waals surface area contributed by atoms with Crippen LogP contribution in [0.3, 0.4) is 0 Å². The molecule has 0 aromatic carbocycles. The van der Waals surface area contributed by atoms with Gasteiger partial charge in [-0.3, -0.25) is 4.79 Å². The fourth-order valence-corrected chi connectivity index (χ4v) is 0. The van der Waals surface area contributed by atoms with Crippen molar-refractivity contribution in [3.8, 4) is 0 Å². The summed E-state index contributed by atoms with van der Waals surface area (Å²) in [7, 11) is 0. The Morgan fingerprint density at radius 2 is 1.57 bits per heavy atom. The van der Waals surface area contributed by atoms with Crippen molar-refractivity contribution in [2.45, 2.75) is 6.92 Å². The number of aliphatic carboxylic acids is 1. The molecule has 0 aliphatic heterocycles. The minimum atomic E-state index is -0.833. The molecule has 0 fully saturated rings. The first kappa shape index (κ1) is 25.0. The summed E-state index contributed by atoms with van der Waals surface area (Å²) in [5.74, 6) is -0.833. The summed E-state index contributed by atoms with van der Waals surface area (Å²) >= 11 is 0. The van der Waals surface area contributed by atoms with Crippen molar-refractivity contribution in [3.63, 3.8) is 0 Å². The Morgan fingerprint density at radius 3 is 1.57 bits per heavy atom. The maximum Gasteiger partial charge on any atom is 0.300 e. The number of carbonyl (C=O) groups is 1. The van der Waals surface area contributed by atoms with Crippen LogP contribution in [0.1, 0.15) is 6.92 Å². The minimum Gasteiger partial charge on any atom is -0.481 e. The van der Waals surface area contributed by atoms with Crippen LogP contribution in [0.2, 0.25) is 0 Å². The van der Waals surface area contributed by atoms with Gasteiger partial charge in [0.15, 0.2) is 0 Å². The second-order valence-corrected chi connectivity index (χ2v) is 0.519. The molecule has 0 aliphatic carbocycles. The Morgan fingerprint density at radius 1 is 1.57 bits per heavy atom. The zero-order valence-electron chi connectivity index (χ0n) is 3.48. The summed E-state index contributed by atoms with van der Waals surface area (Å²) in [6, 6.07) is 0. The van der Waals surface area contributed by atoms with Crippen LogP contribution in [-0.4, -0.2) is 11.1 Å². The van der Waals surface area contributed by atoms with Gasteiger partial charge >= 0.3 is 0 Å². The van der Waals surface area contributed by atoms with E-state index in [9.17, 15) is 0 Å². The van der Waals surface area contributed by atoms with Crippen LogP contribution in [0.25, 0.3) is 0 Å². The molecular formula is C2H5ClCoMnO2. The van der Waals surface area contributed by atoms with Gasteiger partial charge in [0.05, 0.1) is 0 Å². The molecule has 0 atom stereocenters. The predicted octanol–water partition coefficient (Wildman–Crippen LogP) is 0.508. The standard InChI is InChI=1S/C2H4O2.ClH.Co.Mn/c1-2(3)4;;;/h1H3,(H,3,4);1H;;. The van der Waals surface area contributed by atoms with Gasteiger partial charge in [0.25, 0.3) is 5.97 Å². The topological polar surface area (TPSA) is 37.3 Å². The molecule has 0 saturated heterocycles. The predicted molar refractivity (Wildman–Crippen MR) is 20.6 cm³/mol. The summed E-state index contributed by atoms with van der Waals surface area (Å²) in [5, 5.41) is 7.42. The Kier molecular flexibility index (Phi) is 56.6. The summed E-state index contributed by atoms with van der Waals surface area (Å²) in [6.45, 7) is 1.08. The first-order valence-electron chi connectivity index (χ1n) is 0.928. The van der Waals surface area contributed by atoms with Crippen LogP contribution < -0.4 is 0 Å². The van der Waals surface area contributed by atoms with Gasteiger partial charge < -0.3 is 5.11 Å². The molecule has 7 heavy (non-hydrogen) atoms. The first-order valence-corrected chi connectivity index (χ1v) is 0.928. The molecule has 2 radical (unpaired) electrons. The number of hydrogen-bond donors (Lipinski definition) is 1. The summed E-state index contributed by atoms with van der Waals surface area (Å²) in [5.41, 5.74) is 0. The van der Waals surface area contributed by atoms with E-state index in [0.29, 0.717) is 0 Å². The van der Waals surface area contributed by atoms with Crippen molar-refractivity contribution in [2.24, 2.45) is 0 Å². The Balaban J connectivity index is -0.0000000150. The van der Waals surface area contributed by atoms with Crippen molar-refractivity contribution in [2.75, 3.05) is 0 Å². The molecule has 0 aromatic heterocycles. The Labute approximate surface area is 69.1 Å². The van der Waals surface area contributed by atoms with Gasteiger partial charge in [0.2, 0.25) is 0 Å². The fourth-order valence-electron chi connectivity index (χ4n) is 0. The van der Waals surface area contributed by atoms with Gasteiger partial charge in [-0.25, -0.2) is 0 Å². The molecule has 0 heterocycles. The molecular weight excluding hydrogens is 205 g/mol. The molecule has 0 aliphatic rings. The number of hydrogen-bond acceptors (Lipinski definition) is 1. The van der Waals surface area contributed by atoms with Gasteiger partial charge in [0, 0.05) is 40.8 Å². The average molecular weight is 210 g/mol. The molecule has 2 nitrogen and oxygen atoms in total. The van der Waals surface area contributed by atoms with Gasteiger partial charge in [-0.05, 0) is 0 Å². The smallest absolute Gasteiger partial charge is 0.300 e. The fraction of sp³-hybridized carbons (Fsp3) is 0.500. The van der Waals surface area contributed by atoms with E-state index in [1.54, 1.807) is 0 Å². The van der Waals surface area contributed by atoms with E-state index in [1.807, 2.05) is 0 Å². The third kappa shape index (κ3) is 252. The summed E-state index contributed by atoms with van der Waals surface area (Å²) in [6.07, 6.45) is 0. The zero-order valence-corrected chi connectivity index (χ0v) is 6.51. The molecule has 0 spiro atoms. The third-order valence-electron chi connectivity index (χ3n) is 0. The van der Waals surface area contributed by atoms with E-state index in [0.717, 1.165) is 6.92 Å². The molecule has 0 bridgehead atoms. The molecule has 0 aromatic rings. The van der Waals surface area contributed by atoms with Crippen molar-refractivity contribution in [1.82, 2.24) is 0 Å². The van der Waals surface area contributed by atoms with E-state index in [1.165, 1.54) is 0 Å². The maximum atomic E-state index is 9.00. The summed E-state index contributed by atoms with van der Waals surface area (Å²) < 4.78 is 0. The SMILES string of the molecule is CC(=O)O.Cl.[Co].[Mn]. The third-order valence-corrected chi connectivity index (χ3v) is 0.